The second-order valence-corrected chi connectivity index (χ2v) is 9.16. The Hall–Kier alpha value is -3.20. The topological polar surface area (TPSA) is 107 Å². The normalized spacial score (nSPS) is 17.9. The van der Waals surface area contributed by atoms with Crippen molar-refractivity contribution in [1.29, 1.82) is 0 Å². The lowest BCUT2D eigenvalue weighted by Crippen LogP contribution is -2.35. The van der Waals surface area contributed by atoms with Crippen molar-refractivity contribution in [2.24, 2.45) is 0 Å². The van der Waals surface area contributed by atoms with Crippen LogP contribution in [0.2, 0.25) is 0 Å². The van der Waals surface area contributed by atoms with E-state index in [0.717, 1.165) is 0 Å². The van der Waals surface area contributed by atoms with E-state index in [9.17, 15) is 18.0 Å². The molecule has 1 N–H and O–H groups in total. The summed E-state index contributed by atoms with van der Waals surface area (Å²) in [6, 6.07) is 11.3. The van der Waals surface area contributed by atoms with Crippen molar-refractivity contribution >= 4 is 26.6 Å². The van der Waals surface area contributed by atoms with Crippen molar-refractivity contribution < 1.29 is 17.9 Å². The first-order valence-electron chi connectivity index (χ1n) is 9.03. The summed E-state index contributed by atoms with van der Waals surface area (Å²) in [4.78, 5) is 29.7. The molecular weight excluding hydrogens is 394 g/mol. The van der Waals surface area contributed by atoms with Crippen molar-refractivity contribution in [3.8, 4) is 11.4 Å². The van der Waals surface area contributed by atoms with Crippen LogP contribution in [0, 0.1) is 0 Å². The molecule has 29 heavy (non-hydrogen) atoms. The fraction of sp³-hybridized carbons (Fsp3) is 0.250. The van der Waals surface area contributed by atoms with E-state index in [4.69, 9.17) is 4.74 Å². The zero-order valence-electron chi connectivity index (χ0n) is 15.7. The first-order chi connectivity index (χ1) is 13.9. The second-order valence-electron chi connectivity index (χ2n) is 6.93. The van der Waals surface area contributed by atoms with Crippen LogP contribution in [-0.2, 0) is 9.84 Å². The summed E-state index contributed by atoms with van der Waals surface area (Å²) in [5, 5.41) is 3.11. The molecule has 0 spiro atoms. The summed E-state index contributed by atoms with van der Waals surface area (Å²) in [7, 11) is -1.53. The van der Waals surface area contributed by atoms with E-state index >= 15 is 0 Å². The van der Waals surface area contributed by atoms with E-state index in [1.165, 1.54) is 17.0 Å². The van der Waals surface area contributed by atoms with Crippen molar-refractivity contribution in [3.63, 3.8) is 0 Å². The Morgan fingerprint density at radius 3 is 2.79 bits per heavy atom. The molecule has 2 heterocycles. The number of sulfone groups is 1. The molecule has 1 aromatic heterocycles. The number of methoxy groups -OCH3 is 1. The predicted octanol–water partition coefficient (Wildman–Crippen LogP) is 1.31. The second kappa shape index (κ2) is 7.32. The quantitative estimate of drug-likeness (QED) is 0.691. The molecule has 150 valence electrons. The zero-order chi connectivity index (χ0) is 20.6. The molecule has 3 aromatic rings. The molecule has 8 nitrogen and oxygen atoms in total. The van der Waals surface area contributed by atoms with Crippen molar-refractivity contribution in [2.45, 2.75) is 12.5 Å². The highest BCUT2D eigenvalue weighted by atomic mass is 32.2. The van der Waals surface area contributed by atoms with Gasteiger partial charge in [0.2, 0.25) is 0 Å². The van der Waals surface area contributed by atoms with Crippen LogP contribution in [0.15, 0.2) is 53.6 Å². The molecule has 2 aromatic carbocycles. The Balaban J connectivity index is 1.64. The Morgan fingerprint density at radius 2 is 2.07 bits per heavy atom. The number of benzene rings is 2. The van der Waals surface area contributed by atoms with Crippen molar-refractivity contribution in [3.05, 3.63) is 64.7 Å². The standard InChI is InChI=1S/C20H19N3O5S/c1-28-16-4-2-3-15(10-16)23-12-21-18-9-13(5-6-17(18)20(23)25)19(24)22-14-7-8-29(26,27)11-14/h2-6,9-10,12,14H,7-8,11H2,1H3,(H,22,24)/t14-/m1/s1. The number of rotatable bonds is 4. The Bertz CT molecular complexity index is 1270. The van der Waals surface area contributed by atoms with Crippen LogP contribution in [0.4, 0.5) is 0 Å². The third kappa shape index (κ3) is 3.86. The van der Waals surface area contributed by atoms with E-state index in [2.05, 4.69) is 10.3 Å². The van der Waals surface area contributed by atoms with Crippen molar-refractivity contribution in [1.82, 2.24) is 14.9 Å². The van der Waals surface area contributed by atoms with Gasteiger partial charge >= 0.3 is 0 Å². The molecule has 9 heteroatoms. The number of aromatic nitrogens is 2. The lowest BCUT2D eigenvalue weighted by atomic mass is 10.1. The molecule has 0 aliphatic carbocycles. The first kappa shape index (κ1) is 19.1. The average Bonchev–Trinajstić information content (AvgIpc) is 3.06. The van der Waals surface area contributed by atoms with Gasteiger partial charge in [0.15, 0.2) is 9.84 Å². The highest BCUT2D eigenvalue weighted by molar-refractivity contribution is 7.91. The van der Waals surface area contributed by atoms with Crippen LogP contribution in [-0.4, -0.2) is 48.5 Å². The summed E-state index contributed by atoms with van der Waals surface area (Å²) >= 11 is 0. The van der Waals surface area contributed by atoms with Gasteiger partial charge in [0.1, 0.15) is 12.1 Å². The largest absolute Gasteiger partial charge is 0.497 e. The molecule has 0 bridgehead atoms. The van der Waals surface area contributed by atoms with Gasteiger partial charge in [-0.05, 0) is 36.8 Å². The first-order valence-corrected chi connectivity index (χ1v) is 10.9. The minimum atomic E-state index is -3.08. The van der Waals surface area contributed by atoms with Gasteiger partial charge in [-0.3, -0.25) is 14.2 Å². The molecule has 1 aliphatic rings. The van der Waals surface area contributed by atoms with Gasteiger partial charge in [0.25, 0.3) is 11.5 Å². The third-order valence-corrected chi connectivity index (χ3v) is 6.69. The van der Waals surface area contributed by atoms with Gasteiger partial charge in [-0.15, -0.1) is 0 Å². The van der Waals surface area contributed by atoms with E-state index < -0.39 is 15.9 Å². The van der Waals surface area contributed by atoms with Gasteiger partial charge in [-0.25, -0.2) is 13.4 Å². The van der Waals surface area contributed by atoms with E-state index in [1.807, 2.05) is 0 Å². The number of carbonyl (C=O) groups excluding carboxylic acids is 1. The van der Waals surface area contributed by atoms with E-state index in [-0.39, 0.29) is 23.0 Å². The molecule has 1 fully saturated rings. The highest BCUT2D eigenvalue weighted by Crippen LogP contribution is 2.17. The minimum Gasteiger partial charge on any atom is -0.497 e. The Labute approximate surface area is 167 Å². The summed E-state index contributed by atoms with van der Waals surface area (Å²) < 4.78 is 29.7. The number of fused-ring (bicyclic) bond motifs is 1. The molecule has 0 unspecified atom stereocenters. The average molecular weight is 413 g/mol. The van der Waals surface area contributed by atoms with Crippen LogP contribution < -0.4 is 15.6 Å². The summed E-state index contributed by atoms with van der Waals surface area (Å²) in [5.74, 6) is 0.278. The minimum absolute atomic E-state index is 0.0458. The Kier molecular flexibility index (Phi) is 4.83. The van der Waals surface area contributed by atoms with Crippen molar-refractivity contribution in [2.75, 3.05) is 18.6 Å². The number of carbonyl (C=O) groups is 1. The van der Waals surface area contributed by atoms with Crippen LogP contribution in [0.5, 0.6) is 5.75 Å². The molecule has 1 saturated heterocycles. The van der Waals surface area contributed by atoms with Crippen LogP contribution >= 0.6 is 0 Å². The zero-order valence-corrected chi connectivity index (χ0v) is 16.5. The molecular formula is C20H19N3O5S. The number of ether oxygens (including phenoxy) is 1. The highest BCUT2D eigenvalue weighted by Gasteiger charge is 2.29. The number of nitrogens with zero attached hydrogens (tertiary/aromatic N) is 2. The van der Waals surface area contributed by atoms with Gasteiger partial charge in [0, 0.05) is 17.7 Å². The fourth-order valence-electron chi connectivity index (χ4n) is 3.38. The smallest absolute Gasteiger partial charge is 0.265 e. The van der Waals surface area contributed by atoms with Gasteiger partial charge < -0.3 is 10.1 Å². The van der Waals surface area contributed by atoms with Crippen LogP contribution in [0.1, 0.15) is 16.8 Å². The lowest BCUT2D eigenvalue weighted by molar-refractivity contribution is 0.0941. The maximum absolute atomic E-state index is 12.9. The van der Waals surface area contributed by atoms with Gasteiger partial charge in [-0.1, -0.05) is 6.07 Å². The summed E-state index contributed by atoms with van der Waals surface area (Å²) in [5.41, 5.74) is 1.07. The monoisotopic (exact) mass is 413 g/mol. The van der Waals surface area contributed by atoms with Gasteiger partial charge in [0.05, 0.1) is 35.2 Å². The summed E-state index contributed by atoms with van der Waals surface area (Å²) in [6.45, 7) is 0. The van der Waals surface area contributed by atoms with Crippen LogP contribution in [0.3, 0.4) is 0 Å². The van der Waals surface area contributed by atoms with Crippen LogP contribution in [0.25, 0.3) is 16.6 Å². The van der Waals surface area contributed by atoms with E-state index in [1.54, 1.807) is 43.5 Å². The summed E-state index contributed by atoms with van der Waals surface area (Å²) in [6.07, 6.45) is 1.82. The number of amides is 1. The lowest BCUT2D eigenvalue weighted by Gasteiger charge is -2.12. The predicted molar refractivity (Wildman–Crippen MR) is 108 cm³/mol. The molecule has 1 aliphatic heterocycles. The maximum atomic E-state index is 12.9. The number of hydrogen-bond acceptors (Lipinski definition) is 6. The SMILES string of the molecule is COc1cccc(-n2cnc3cc(C(=O)N[C@@H]4CCS(=O)(=O)C4)ccc3c2=O)c1. The number of hydrogen-bond donors (Lipinski definition) is 1. The molecule has 4 rings (SSSR count). The number of nitrogens with one attached hydrogen (secondary N) is 1. The molecule has 1 atom stereocenters. The van der Waals surface area contributed by atoms with Gasteiger partial charge in [-0.2, -0.15) is 0 Å². The third-order valence-electron chi connectivity index (χ3n) is 4.92. The Morgan fingerprint density at radius 1 is 1.24 bits per heavy atom. The fourth-order valence-corrected chi connectivity index (χ4v) is 5.06. The molecule has 1 amide bonds. The molecule has 0 radical (unpaired) electrons. The molecule has 0 saturated carbocycles. The van der Waals surface area contributed by atoms with E-state index in [0.29, 0.717) is 34.3 Å². The maximum Gasteiger partial charge on any atom is 0.265 e.